The topological polar surface area (TPSA) is 74.7 Å². The molecule has 1 aromatic carbocycles. The summed E-state index contributed by atoms with van der Waals surface area (Å²) < 4.78 is 26.4. The van der Waals surface area contributed by atoms with E-state index in [1.54, 1.807) is 32.1 Å². The second kappa shape index (κ2) is 7.19. The van der Waals surface area contributed by atoms with E-state index in [9.17, 15) is 13.2 Å². The number of carbonyl (C=O) groups is 1. The van der Waals surface area contributed by atoms with Gasteiger partial charge in [0, 0.05) is 18.7 Å². The lowest BCUT2D eigenvalue weighted by Gasteiger charge is -2.24. The third kappa shape index (κ3) is 4.54. The molecule has 0 radical (unpaired) electrons. The highest BCUT2D eigenvalue weighted by molar-refractivity contribution is 7.89. The van der Waals surface area contributed by atoms with E-state index in [2.05, 4.69) is 6.58 Å². The average molecular weight is 309 g/mol. The molecule has 0 aromatic heterocycles. The lowest BCUT2D eigenvalue weighted by atomic mass is 10.2. The molecule has 0 heterocycles. The molecule has 0 aliphatic rings. The number of hydrogen-bond donors (Lipinski definition) is 1. The highest BCUT2D eigenvalue weighted by Gasteiger charge is 2.25. The van der Waals surface area contributed by atoms with Crippen LogP contribution in [0.4, 0.5) is 0 Å². The molecular weight excluding hydrogens is 290 g/mol. The quantitative estimate of drug-likeness (QED) is 0.620. The van der Waals surface area contributed by atoms with Gasteiger partial charge in [-0.1, -0.05) is 18.2 Å². The van der Waals surface area contributed by atoms with Crippen molar-refractivity contribution in [2.75, 3.05) is 6.54 Å². The van der Waals surface area contributed by atoms with E-state index in [1.807, 2.05) is 0 Å². The number of sulfonamides is 1. The Hall–Kier alpha value is -1.92. The summed E-state index contributed by atoms with van der Waals surface area (Å²) >= 11 is 0. The molecule has 21 heavy (non-hydrogen) atoms. The fraction of sp³-hybridized carbons (Fsp3) is 0.267. The van der Waals surface area contributed by atoms with Crippen LogP contribution in [0.2, 0.25) is 0 Å². The number of carboxylic acid groups (broad SMARTS) is 1. The second-order valence-electron chi connectivity index (χ2n) is 4.70. The lowest BCUT2D eigenvalue weighted by molar-refractivity contribution is -0.131. The van der Waals surface area contributed by atoms with Crippen molar-refractivity contribution in [3.8, 4) is 0 Å². The van der Waals surface area contributed by atoms with Crippen molar-refractivity contribution in [3.63, 3.8) is 0 Å². The summed E-state index contributed by atoms with van der Waals surface area (Å²) in [5.74, 6) is -1.05. The maximum atomic E-state index is 12.5. The Labute approximate surface area is 125 Å². The van der Waals surface area contributed by atoms with Crippen LogP contribution in [0.15, 0.2) is 47.9 Å². The molecule has 1 aromatic rings. The number of rotatable bonds is 7. The Morgan fingerprint density at radius 1 is 1.33 bits per heavy atom. The zero-order valence-corrected chi connectivity index (χ0v) is 12.9. The fourth-order valence-electron chi connectivity index (χ4n) is 1.77. The van der Waals surface area contributed by atoms with E-state index in [0.717, 1.165) is 6.08 Å². The van der Waals surface area contributed by atoms with Crippen molar-refractivity contribution in [2.45, 2.75) is 24.8 Å². The minimum Gasteiger partial charge on any atom is -0.478 e. The monoisotopic (exact) mass is 309 g/mol. The number of carboxylic acids is 1. The lowest BCUT2D eigenvalue weighted by Crippen LogP contribution is -2.36. The summed E-state index contributed by atoms with van der Waals surface area (Å²) in [6.07, 6.45) is 3.95. The minimum absolute atomic E-state index is 0.172. The molecule has 0 unspecified atom stereocenters. The zero-order valence-electron chi connectivity index (χ0n) is 12.1. The van der Waals surface area contributed by atoms with Gasteiger partial charge < -0.3 is 5.11 Å². The molecule has 1 rings (SSSR count). The molecule has 0 saturated carbocycles. The highest BCUT2D eigenvalue weighted by Crippen LogP contribution is 2.19. The molecule has 5 nitrogen and oxygen atoms in total. The molecule has 114 valence electrons. The first-order valence-corrected chi connectivity index (χ1v) is 7.87. The van der Waals surface area contributed by atoms with Crippen LogP contribution >= 0.6 is 0 Å². The van der Waals surface area contributed by atoms with Gasteiger partial charge in [0.15, 0.2) is 0 Å². The first kappa shape index (κ1) is 17.1. The van der Waals surface area contributed by atoms with Crippen LogP contribution in [0.3, 0.4) is 0 Å². The normalized spacial score (nSPS) is 12.2. The maximum Gasteiger partial charge on any atom is 0.328 e. The Balaban J connectivity index is 3.09. The molecule has 0 aliphatic heterocycles. The number of nitrogens with zero attached hydrogens (tertiary/aromatic N) is 1. The first-order valence-electron chi connectivity index (χ1n) is 6.43. The van der Waals surface area contributed by atoms with Crippen molar-refractivity contribution in [2.24, 2.45) is 0 Å². The zero-order chi connectivity index (χ0) is 16.0. The van der Waals surface area contributed by atoms with Gasteiger partial charge in [0.05, 0.1) is 4.90 Å². The van der Waals surface area contributed by atoms with Crippen molar-refractivity contribution in [1.82, 2.24) is 4.31 Å². The van der Waals surface area contributed by atoms with Crippen LogP contribution in [0, 0.1) is 0 Å². The highest BCUT2D eigenvalue weighted by atomic mass is 32.2. The van der Waals surface area contributed by atoms with Gasteiger partial charge in [0.2, 0.25) is 10.0 Å². The minimum atomic E-state index is -3.59. The number of hydrogen-bond acceptors (Lipinski definition) is 3. The van der Waals surface area contributed by atoms with Crippen LogP contribution in [0.1, 0.15) is 19.4 Å². The molecular formula is C15H19NO4S. The molecule has 0 aliphatic carbocycles. The molecule has 0 bridgehead atoms. The molecule has 0 saturated heterocycles. The van der Waals surface area contributed by atoms with Gasteiger partial charge in [-0.05, 0) is 37.6 Å². The van der Waals surface area contributed by atoms with Gasteiger partial charge in [-0.15, -0.1) is 6.58 Å². The summed E-state index contributed by atoms with van der Waals surface area (Å²) in [5, 5.41) is 8.55. The Kier molecular flexibility index (Phi) is 5.87. The van der Waals surface area contributed by atoms with Crippen LogP contribution in [0.5, 0.6) is 0 Å². The number of benzene rings is 1. The van der Waals surface area contributed by atoms with Crippen molar-refractivity contribution in [1.29, 1.82) is 0 Å². The van der Waals surface area contributed by atoms with E-state index in [4.69, 9.17) is 5.11 Å². The van der Waals surface area contributed by atoms with Crippen LogP contribution in [0.25, 0.3) is 6.08 Å². The van der Waals surface area contributed by atoms with Gasteiger partial charge in [0.1, 0.15) is 0 Å². The average Bonchev–Trinajstić information content (AvgIpc) is 2.42. The fourth-order valence-corrected chi connectivity index (χ4v) is 3.38. The van der Waals surface area contributed by atoms with E-state index in [0.29, 0.717) is 5.56 Å². The Morgan fingerprint density at radius 2 is 1.90 bits per heavy atom. The SMILES string of the molecule is C=CCN(C(C)C)S(=O)(=O)c1ccc(/C=C/C(=O)O)cc1. The summed E-state index contributed by atoms with van der Waals surface area (Å²) in [6.45, 7) is 7.40. The predicted molar refractivity (Wildman–Crippen MR) is 82.3 cm³/mol. The smallest absolute Gasteiger partial charge is 0.328 e. The van der Waals surface area contributed by atoms with Gasteiger partial charge in [-0.2, -0.15) is 4.31 Å². The first-order chi connectivity index (χ1) is 9.78. The summed E-state index contributed by atoms with van der Waals surface area (Å²) in [5.41, 5.74) is 0.621. The molecule has 0 spiro atoms. The van der Waals surface area contributed by atoms with Gasteiger partial charge >= 0.3 is 5.97 Å². The summed E-state index contributed by atoms with van der Waals surface area (Å²) in [7, 11) is -3.59. The third-order valence-corrected chi connectivity index (χ3v) is 4.85. The van der Waals surface area contributed by atoms with Crippen LogP contribution < -0.4 is 0 Å². The standard InChI is InChI=1S/C15H19NO4S/c1-4-11-16(12(2)3)21(19,20)14-8-5-13(6-9-14)7-10-15(17)18/h4-10,12H,1,11H2,2-3H3,(H,17,18)/b10-7+. The summed E-state index contributed by atoms with van der Waals surface area (Å²) in [6, 6.07) is 5.89. The van der Waals surface area contributed by atoms with Crippen LogP contribution in [-0.4, -0.2) is 36.4 Å². The molecule has 1 N–H and O–H groups in total. The Morgan fingerprint density at radius 3 is 2.33 bits per heavy atom. The van der Waals surface area contributed by atoms with E-state index >= 15 is 0 Å². The van der Waals surface area contributed by atoms with Gasteiger partial charge in [0.25, 0.3) is 0 Å². The van der Waals surface area contributed by atoms with Crippen LogP contribution in [-0.2, 0) is 14.8 Å². The summed E-state index contributed by atoms with van der Waals surface area (Å²) in [4.78, 5) is 10.6. The van der Waals surface area contributed by atoms with Gasteiger partial charge in [-0.3, -0.25) is 0 Å². The van der Waals surface area contributed by atoms with E-state index in [-0.39, 0.29) is 17.5 Å². The largest absolute Gasteiger partial charge is 0.478 e. The van der Waals surface area contributed by atoms with Crippen molar-refractivity contribution < 1.29 is 18.3 Å². The van der Waals surface area contributed by atoms with Crippen molar-refractivity contribution in [3.05, 3.63) is 48.6 Å². The van der Waals surface area contributed by atoms with E-state index < -0.39 is 16.0 Å². The Bertz CT molecular complexity index is 630. The molecule has 0 fully saturated rings. The molecule has 0 atom stereocenters. The maximum absolute atomic E-state index is 12.5. The second-order valence-corrected chi connectivity index (χ2v) is 6.59. The van der Waals surface area contributed by atoms with E-state index in [1.165, 1.54) is 22.5 Å². The third-order valence-electron chi connectivity index (χ3n) is 2.79. The molecule has 6 heteroatoms. The predicted octanol–water partition coefficient (Wildman–Crippen LogP) is 2.37. The van der Waals surface area contributed by atoms with Crippen molar-refractivity contribution >= 4 is 22.1 Å². The van der Waals surface area contributed by atoms with Gasteiger partial charge in [-0.25, -0.2) is 13.2 Å². The number of aliphatic carboxylic acids is 1. The molecule has 0 amide bonds.